The summed E-state index contributed by atoms with van der Waals surface area (Å²) >= 11 is 1.71. The van der Waals surface area contributed by atoms with E-state index in [-0.39, 0.29) is 24.5 Å². The smallest absolute Gasteiger partial charge is 0.251 e. The van der Waals surface area contributed by atoms with Crippen molar-refractivity contribution < 1.29 is 9.90 Å². The summed E-state index contributed by atoms with van der Waals surface area (Å²) in [5.74, 6) is -0.169. The number of aromatic nitrogens is 1. The van der Waals surface area contributed by atoms with Crippen molar-refractivity contribution in [3.05, 3.63) is 45.4 Å². The molecule has 0 bridgehead atoms. The summed E-state index contributed by atoms with van der Waals surface area (Å²) in [4.78, 5) is 17.8. The predicted octanol–water partition coefficient (Wildman–Crippen LogP) is 3.08. The van der Waals surface area contributed by atoms with Gasteiger partial charge >= 0.3 is 0 Å². The van der Waals surface area contributed by atoms with Crippen molar-refractivity contribution >= 4 is 22.9 Å². The van der Waals surface area contributed by atoms with Gasteiger partial charge in [0.15, 0.2) is 0 Å². The van der Waals surface area contributed by atoms with Crippen LogP contribution in [0, 0.1) is 6.92 Å². The summed E-state index contributed by atoms with van der Waals surface area (Å²) in [5, 5.41) is 16.0. The Bertz CT molecular complexity index is 705. The number of aliphatic hydroxyl groups is 1. The van der Waals surface area contributed by atoms with E-state index in [1.54, 1.807) is 17.4 Å². The molecule has 0 saturated heterocycles. The topological polar surface area (TPSA) is 74.2 Å². The van der Waals surface area contributed by atoms with Crippen LogP contribution in [0.3, 0.4) is 0 Å². The number of anilines is 1. The third kappa shape index (κ3) is 4.55. The van der Waals surface area contributed by atoms with Gasteiger partial charge in [-0.15, -0.1) is 11.3 Å². The molecule has 1 heterocycles. The Labute approximate surface area is 147 Å². The molecule has 2 rings (SSSR count). The number of benzene rings is 1. The van der Waals surface area contributed by atoms with E-state index in [1.807, 2.05) is 25.3 Å². The largest absolute Gasteiger partial charge is 0.395 e. The molecular weight excluding hydrogens is 322 g/mol. The number of amides is 1. The van der Waals surface area contributed by atoms with Gasteiger partial charge in [0, 0.05) is 34.3 Å². The van der Waals surface area contributed by atoms with Gasteiger partial charge in [0.25, 0.3) is 5.91 Å². The first-order valence-corrected chi connectivity index (χ1v) is 8.82. The van der Waals surface area contributed by atoms with Crippen LogP contribution in [0.5, 0.6) is 0 Å². The highest BCUT2D eigenvalue weighted by Gasteiger charge is 2.18. The Morgan fingerprint density at radius 3 is 2.71 bits per heavy atom. The lowest BCUT2D eigenvalue weighted by atomic mass is 9.98. The van der Waals surface area contributed by atoms with Crippen LogP contribution in [0.25, 0.3) is 0 Å². The van der Waals surface area contributed by atoms with Gasteiger partial charge in [0.1, 0.15) is 0 Å². The minimum absolute atomic E-state index is 0.0591. The molecule has 6 heteroatoms. The van der Waals surface area contributed by atoms with E-state index in [4.69, 9.17) is 5.11 Å². The molecule has 0 spiro atoms. The van der Waals surface area contributed by atoms with Crippen molar-refractivity contribution in [2.75, 3.05) is 18.5 Å². The van der Waals surface area contributed by atoms with Gasteiger partial charge in [-0.05, 0) is 24.6 Å². The molecule has 3 N–H and O–H groups in total. The van der Waals surface area contributed by atoms with Crippen LogP contribution in [0.1, 0.15) is 46.6 Å². The second-order valence-corrected chi connectivity index (χ2v) is 7.81. The lowest BCUT2D eigenvalue weighted by Gasteiger charge is -2.14. The Morgan fingerprint density at radius 2 is 2.08 bits per heavy atom. The number of hydrogen-bond donors (Lipinski definition) is 3. The van der Waals surface area contributed by atoms with E-state index in [1.165, 1.54) is 0 Å². The Hall–Kier alpha value is -1.92. The van der Waals surface area contributed by atoms with Crippen molar-refractivity contribution in [1.82, 2.24) is 10.3 Å². The number of rotatable bonds is 6. The lowest BCUT2D eigenvalue weighted by Crippen LogP contribution is -2.27. The molecule has 0 aliphatic rings. The monoisotopic (exact) mass is 347 g/mol. The summed E-state index contributed by atoms with van der Waals surface area (Å²) in [6.45, 7) is 9.25. The first-order valence-electron chi connectivity index (χ1n) is 8.00. The molecule has 130 valence electrons. The molecular formula is C18H25N3O2S. The van der Waals surface area contributed by atoms with Crippen molar-refractivity contribution in [3.63, 3.8) is 0 Å². The molecule has 0 aliphatic heterocycles. The molecule has 0 fully saturated rings. The van der Waals surface area contributed by atoms with Crippen LogP contribution >= 0.6 is 11.3 Å². The minimum atomic E-state index is -0.169. The van der Waals surface area contributed by atoms with Gasteiger partial charge < -0.3 is 15.7 Å². The number of nitrogens with zero attached hydrogens (tertiary/aromatic N) is 1. The van der Waals surface area contributed by atoms with Crippen LogP contribution in [0.15, 0.2) is 24.4 Å². The highest BCUT2D eigenvalue weighted by Crippen LogP contribution is 2.27. The van der Waals surface area contributed by atoms with E-state index in [0.29, 0.717) is 12.1 Å². The minimum Gasteiger partial charge on any atom is -0.395 e. The van der Waals surface area contributed by atoms with Crippen molar-refractivity contribution in [1.29, 1.82) is 0 Å². The van der Waals surface area contributed by atoms with Gasteiger partial charge in [0.2, 0.25) is 0 Å². The standard InChI is InChI=1S/C18H25N3O2S/c1-12-14(16(23)19-8-9-22)6-5-7-15(12)20-10-13-11-21-17(24-13)18(2,3)4/h5-7,11,20,22H,8-10H2,1-4H3,(H,19,23). The van der Waals surface area contributed by atoms with Crippen LogP contribution in [0.4, 0.5) is 5.69 Å². The zero-order chi connectivity index (χ0) is 17.7. The van der Waals surface area contributed by atoms with Crippen LogP contribution in [0.2, 0.25) is 0 Å². The fourth-order valence-electron chi connectivity index (χ4n) is 2.26. The van der Waals surface area contributed by atoms with Crippen molar-refractivity contribution in [2.24, 2.45) is 0 Å². The Balaban J connectivity index is 2.08. The Kier molecular flexibility index (Phi) is 5.96. The number of thiazole rings is 1. The molecule has 1 aromatic carbocycles. The van der Waals surface area contributed by atoms with E-state index in [9.17, 15) is 4.79 Å². The molecule has 1 aromatic heterocycles. The predicted molar refractivity (Wildman–Crippen MR) is 98.7 cm³/mol. The summed E-state index contributed by atoms with van der Waals surface area (Å²) in [7, 11) is 0. The Morgan fingerprint density at radius 1 is 1.33 bits per heavy atom. The van der Waals surface area contributed by atoms with Crippen molar-refractivity contribution in [3.8, 4) is 0 Å². The summed E-state index contributed by atoms with van der Waals surface area (Å²) in [6.07, 6.45) is 1.91. The van der Waals surface area contributed by atoms with Gasteiger partial charge in [0.05, 0.1) is 18.2 Å². The average molecular weight is 347 g/mol. The number of carbonyl (C=O) groups excluding carboxylic acids is 1. The van der Waals surface area contributed by atoms with Gasteiger partial charge in [-0.1, -0.05) is 26.8 Å². The lowest BCUT2D eigenvalue weighted by molar-refractivity contribution is 0.0944. The maximum absolute atomic E-state index is 12.1. The van der Waals surface area contributed by atoms with Gasteiger partial charge in [-0.25, -0.2) is 4.98 Å². The quantitative estimate of drug-likeness (QED) is 0.751. The third-order valence-electron chi connectivity index (χ3n) is 3.62. The normalized spacial score (nSPS) is 11.4. The third-order valence-corrected chi connectivity index (χ3v) is 5.05. The van der Waals surface area contributed by atoms with Crippen LogP contribution in [-0.4, -0.2) is 29.1 Å². The highest BCUT2D eigenvalue weighted by atomic mass is 32.1. The second kappa shape index (κ2) is 7.77. The fourth-order valence-corrected chi connectivity index (χ4v) is 3.17. The SMILES string of the molecule is Cc1c(NCc2cnc(C(C)(C)C)s2)cccc1C(=O)NCCO. The number of carbonyl (C=O) groups is 1. The van der Waals surface area contributed by atoms with E-state index in [0.717, 1.165) is 21.1 Å². The van der Waals surface area contributed by atoms with E-state index >= 15 is 0 Å². The molecule has 2 aromatic rings. The summed E-state index contributed by atoms with van der Waals surface area (Å²) in [6, 6.07) is 5.61. The molecule has 0 unspecified atom stereocenters. The number of hydrogen-bond acceptors (Lipinski definition) is 5. The fraction of sp³-hybridized carbons (Fsp3) is 0.444. The first-order chi connectivity index (χ1) is 11.3. The van der Waals surface area contributed by atoms with E-state index in [2.05, 4.69) is 36.4 Å². The molecule has 5 nitrogen and oxygen atoms in total. The summed E-state index contributed by atoms with van der Waals surface area (Å²) < 4.78 is 0. The zero-order valence-corrected chi connectivity index (χ0v) is 15.5. The maximum atomic E-state index is 12.1. The summed E-state index contributed by atoms with van der Waals surface area (Å²) in [5.41, 5.74) is 2.50. The molecule has 0 saturated carbocycles. The van der Waals surface area contributed by atoms with Gasteiger partial charge in [-0.3, -0.25) is 4.79 Å². The van der Waals surface area contributed by atoms with E-state index < -0.39 is 0 Å². The van der Waals surface area contributed by atoms with Crippen LogP contribution in [-0.2, 0) is 12.0 Å². The first kappa shape index (κ1) is 18.4. The molecule has 0 aliphatic carbocycles. The van der Waals surface area contributed by atoms with Crippen molar-refractivity contribution in [2.45, 2.75) is 39.7 Å². The average Bonchev–Trinajstić information content (AvgIpc) is 3.01. The van der Waals surface area contributed by atoms with Gasteiger partial charge in [-0.2, -0.15) is 0 Å². The van der Waals surface area contributed by atoms with Crippen LogP contribution < -0.4 is 10.6 Å². The highest BCUT2D eigenvalue weighted by molar-refractivity contribution is 7.11. The molecule has 0 atom stereocenters. The zero-order valence-electron chi connectivity index (χ0n) is 14.6. The maximum Gasteiger partial charge on any atom is 0.251 e. The molecule has 1 amide bonds. The molecule has 24 heavy (non-hydrogen) atoms. The number of nitrogens with one attached hydrogen (secondary N) is 2. The second-order valence-electron chi connectivity index (χ2n) is 6.69. The number of aliphatic hydroxyl groups excluding tert-OH is 1. The molecule has 0 radical (unpaired) electrons.